The van der Waals surface area contributed by atoms with E-state index in [4.69, 9.17) is 5.11 Å². The summed E-state index contributed by atoms with van der Waals surface area (Å²) in [6.45, 7) is 4.90. The van der Waals surface area contributed by atoms with Crippen LogP contribution in [0.5, 0.6) is 0 Å². The number of rotatable bonds is 9. The Labute approximate surface area is 152 Å². The smallest absolute Gasteiger partial charge is 0.326 e. The topological polar surface area (TPSA) is 157 Å². The first-order valence-corrected chi connectivity index (χ1v) is 8.65. The van der Waals surface area contributed by atoms with Gasteiger partial charge in [0.05, 0.1) is 18.7 Å². The maximum Gasteiger partial charge on any atom is 0.326 e. The molecule has 0 aromatic rings. The number of aliphatic carboxylic acids is 1. The summed E-state index contributed by atoms with van der Waals surface area (Å²) in [5.74, 6) is -3.28. The second-order valence-electron chi connectivity index (χ2n) is 6.72. The van der Waals surface area contributed by atoms with Gasteiger partial charge in [0.1, 0.15) is 12.1 Å². The van der Waals surface area contributed by atoms with E-state index in [0.717, 1.165) is 6.42 Å². The lowest BCUT2D eigenvalue weighted by Gasteiger charge is -2.23. The number of carbonyl (C=O) groups is 4. The quantitative estimate of drug-likeness (QED) is 0.272. The molecule has 10 nitrogen and oxygen atoms in total. The van der Waals surface area contributed by atoms with Gasteiger partial charge < -0.3 is 31.5 Å². The number of amides is 3. The summed E-state index contributed by atoms with van der Waals surface area (Å²) < 4.78 is 0. The van der Waals surface area contributed by atoms with Crippen molar-refractivity contribution >= 4 is 23.7 Å². The first-order valence-electron chi connectivity index (χ1n) is 8.65. The van der Waals surface area contributed by atoms with Gasteiger partial charge in [0.25, 0.3) is 0 Å². The van der Waals surface area contributed by atoms with Crippen LogP contribution in [0, 0.1) is 5.92 Å². The third-order valence-corrected chi connectivity index (χ3v) is 4.11. The molecular weight excluding hydrogens is 344 g/mol. The average molecular weight is 372 g/mol. The van der Waals surface area contributed by atoms with Crippen molar-refractivity contribution in [2.45, 2.75) is 57.8 Å². The van der Waals surface area contributed by atoms with Crippen molar-refractivity contribution in [1.82, 2.24) is 21.3 Å². The van der Waals surface area contributed by atoms with Crippen molar-refractivity contribution in [1.29, 1.82) is 0 Å². The van der Waals surface area contributed by atoms with Crippen LogP contribution in [0.1, 0.15) is 33.6 Å². The third kappa shape index (κ3) is 6.60. The van der Waals surface area contributed by atoms with Gasteiger partial charge in [-0.25, -0.2) is 4.79 Å². The molecular formula is C16H28N4O6. The lowest BCUT2D eigenvalue weighted by Crippen LogP contribution is -2.57. The summed E-state index contributed by atoms with van der Waals surface area (Å²) in [6, 6.07) is -2.69. The van der Waals surface area contributed by atoms with Gasteiger partial charge in [0.2, 0.25) is 17.7 Å². The highest BCUT2D eigenvalue weighted by Crippen LogP contribution is 2.06. The summed E-state index contributed by atoms with van der Waals surface area (Å²) in [4.78, 5) is 47.2. The molecule has 0 aromatic heterocycles. The Morgan fingerprint density at radius 1 is 1.12 bits per heavy atom. The number of carboxylic acids is 1. The first kappa shape index (κ1) is 21.8. The monoisotopic (exact) mass is 372 g/mol. The highest BCUT2D eigenvalue weighted by molar-refractivity contribution is 5.93. The van der Waals surface area contributed by atoms with Gasteiger partial charge in [-0.3, -0.25) is 14.4 Å². The van der Waals surface area contributed by atoms with Crippen molar-refractivity contribution in [3.8, 4) is 0 Å². The Hall–Kier alpha value is -2.20. The van der Waals surface area contributed by atoms with Crippen LogP contribution in [-0.2, 0) is 19.2 Å². The van der Waals surface area contributed by atoms with Crippen LogP contribution < -0.4 is 21.3 Å². The van der Waals surface area contributed by atoms with E-state index in [1.165, 1.54) is 6.92 Å². The molecule has 148 valence electrons. The van der Waals surface area contributed by atoms with Crippen LogP contribution in [0.15, 0.2) is 0 Å². The zero-order chi connectivity index (χ0) is 19.9. The summed E-state index contributed by atoms with van der Waals surface area (Å²) in [5.41, 5.74) is 0. The summed E-state index contributed by atoms with van der Waals surface area (Å²) in [6.07, 6.45) is 0.337. The minimum absolute atomic E-state index is 0.324. The molecule has 0 radical (unpaired) electrons. The number of hydrogen-bond donors (Lipinski definition) is 6. The molecule has 10 heteroatoms. The highest BCUT2D eigenvalue weighted by Gasteiger charge is 2.30. The van der Waals surface area contributed by atoms with Crippen molar-refractivity contribution in [2.75, 3.05) is 13.1 Å². The Bertz CT molecular complexity index is 531. The molecule has 0 spiro atoms. The molecule has 0 aromatic carbocycles. The standard InChI is InChI=1S/C16H28N4O6/c1-8(2)12(16(25)26)19-11(22)7-18-15(24)13(9(3)21)20-14(23)10-5-4-6-17-10/h8-10,12-13,17,21H,4-7H2,1-3H3,(H,18,24)(H,19,22)(H,20,23)(H,25,26). The number of carboxylic acid groups (broad SMARTS) is 1. The molecule has 0 bridgehead atoms. The van der Waals surface area contributed by atoms with E-state index in [2.05, 4.69) is 21.3 Å². The van der Waals surface area contributed by atoms with Crippen molar-refractivity contribution < 1.29 is 29.4 Å². The second-order valence-corrected chi connectivity index (χ2v) is 6.72. The predicted octanol–water partition coefficient (Wildman–Crippen LogP) is -2.05. The van der Waals surface area contributed by atoms with Crippen LogP contribution in [0.2, 0.25) is 0 Å². The Morgan fingerprint density at radius 3 is 2.23 bits per heavy atom. The summed E-state index contributed by atoms with van der Waals surface area (Å²) >= 11 is 0. The fraction of sp³-hybridized carbons (Fsp3) is 0.750. The first-order chi connectivity index (χ1) is 12.1. The molecule has 1 heterocycles. The lowest BCUT2D eigenvalue weighted by molar-refractivity contribution is -0.143. The zero-order valence-electron chi connectivity index (χ0n) is 15.2. The number of nitrogens with one attached hydrogen (secondary N) is 4. The van der Waals surface area contributed by atoms with E-state index in [9.17, 15) is 24.3 Å². The summed E-state index contributed by atoms with van der Waals surface area (Å²) in [7, 11) is 0. The third-order valence-electron chi connectivity index (χ3n) is 4.11. The molecule has 1 aliphatic rings. The Kier molecular flexibility index (Phi) is 8.46. The second kappa shape index (κ2) is 10.1. The minimum Gasteiger partial charge on any atom is -0.480 e. The zero-order valence-corrected chi connectivity index (χ0v) is 15.2. The fourth-order valence-corrected chi connectivity index (χ4v) is 2.58. The summed E-state index contributed by atoms with van der Waals surface area (Å²) in [5, 5.41) is 28.9. The van der Waals surface area contributed by atoms with Gasteiger partial charge in [-0.15, -0.1) is 0 Å². The molecule has 0 saturated carbocycles. The molecule has 4 unspecified atom stereocenters. The molecule has 1 fully saturated rings. The van der Waals surface area contributed by atoms with Crippen LogP contribution >= 0.6 is 0 Å². The molecule has 3 amide bonds. The fourth-order valence-electron chi connectivity index (χ4n) is 2.58. The van der Waals surface area contributed by atoms with Crippen LogP contribution in [0.25, 0.3) is 0 Å². The number of aliphatic hydroxyl groups excluding tert-OH is 1. The van der Waals surface area contributed by atoms with Crippen LogP contribution in [-0.4, -0.2) is 71.2 Å². The van der Waals surface area contributed by atoms with Crippen molar-refractivity contribution in [3.05, 3.63) is 0 Å². The predicted molar refractivity (Wildman–Crippen MR) is 92.1 cm³/mol. The molecule has 6 N–H and O–H groups in total. The average Bonchev–Trinajstić information content (AvgIpc) is 3.08. The normalized spacial score (nSPS) is 20.1. The van der Waals surface area contributed by atoms with Gasteiger partial charge in [-0.2, -0.15) is 0 Å². The van der Waals surface area contributed by atoms with Crippen LogP contribution in [0.3, 0.4) is 0 Å². The van der Waals surface area contributed by atoms with Gasteiger partial charge >= 0.3 is 5.97 Å². The number of carbonyl (C=O) groups excluding carboxylic acids is 3. The molecule has 1 saturated heterocycles. The van der Waals surface area contributed by atoms with Crippen molar-refractivity contribution in [2.24, 2.45) is 5.92 Å². The lowest BCUT2D eigenvalue weighted by atomic mass is 10.0. The Balaban J connectivity index is 2.54. The molecule has 26 heavy (non-hydrogen) atoms. The SMILES string of the molecule is CC(C)C(NC(=O)CNC(=O)C(NC(=O)C1CCCN1)C(C)O)C(=O)O. The maximum atomic E-state index is 12.2. The largest absolute Gasteiger partial charge is 0.480 e. The molecule has 4 atom stereocenters. The maximum absolute atomic E-state index is 12.2. The molecule has 1 aliphatic heterocycles. The highest BCUT2D eigenvalue weighted by atomic mass is 16.4. The van der Waals surface area contributed by atoms with E-state index in [0.29, 0.717) is 13.0 Å². The van der Waals surface area contributed by atoms with Gasteiger partial charge in [-0.1, -0.05) is 13.8 Å². The Morgan fingerprint density at radius 2 is 1.77 bits per heavy atom. The van der Waals surface area contributed by atoms with Gasteiger partial charge in [0.15, 0.2) is 0 Å². The number of hydrogen-bond acceptors (Lipinski definition) is 6. The minimum atomic E-state index is -1.21. The van der Waals surface area contributed by atoms with E-state index >= 15 is 0 Å². The van der Waals surface area contributed by atoms with Crippen molar-refractivity contribution in [3.63, 3.8) is 0 Å². The molecule has 1 rings (SSSR count). The van der Waals surface area contributed by atoms with E-state index in [-0.39, 0.29) is 5.92 Å². The van der Waals surface area contributed by atoms with Crippen LogP contribution in [0.4, 0.5) is 0 Å². The van der Waals surface area contributed by atoms with E-state index in [1.807, 2.05) is 0 Å². The van der Waals surface area contributed by atoms with Gasteiger partial charge in [-0.05, 0) is 32.2 Å². The molecule has 0 aliphatic carbocycles. The van der Waals surface area contributed by atoms with Gasteiger partial charge in [0, 0.05) is 0 Å². The van der Waals surface area contributed by atoms with E-state index in [1.54, 1.807) is 13.8 Å². The number of aliphatic hydroxyl groups is 1. The van der Waals surface area contributed by atoms with E-state index < -0.39 is 54.5 Å².